The topological polar surface area (TPSA) is 68.6 Å². The Labute approximate surface area is 160 Å². The first-order valence-corrected chi connectivity index (χ1v) is 9.62. The van der Waals surface area contributed by atoms with E-state index in [9.17, 15) is 14.4 Å². The van der Waals surface area contributed by atoms with E-state index < -0.39 is 11.4 Å². The maximum atomic E-state index is 14.0. The Hall–Kier alpha value is -1.91. The Morgan fingerprint density at radius 1 is 1.41 bits per heavy atom. The summed E-state index contributed by atoms with van der Waals surface area (Å²) in [5.74, 6) is -0.534. The van der Waals surface area contributed by atoms with Gasteiger partial charge in [0.1, 0.15) is 17.5 Å². The third-order valence-corrected chi connectivity index (χ3v) is 5.65. The Bertz CT molecular complexity index is 704. The number of ether oxygens (including phenoxy) is 1. The largest absolute Gasteiger partial charge is 0.444 e. The smallest absolute Gasteiger partial charge is 0.410 e. The molecule has 2 aliphatic heterocycles. The lowest BCUT2D eigenvalue weighted by Crippen LogP contribution is -2.67. The highest BCUT2D eigenvalue weighted by atomic mass is 19.1. The molecule has 1 unspecified atom stereocenters. The molecule has 0 bridgehead atoms. The molecule has 2 heterocycles. The van der Waals surface area contributed by atoms with E-state index in [0.717, 1.165) is 25.2 Å². The fourth-order valence-corrected chi connectivity index (χ4v) is 4.27. The van der Waals surface area contributed by atoms with Gasteiger partial charge in [-0.3, -0.25) is 4.90 Å². The summed E-state index contributed by atoms with van der Waals surface area (Å²) in [4.78, 5) is 17.2. The van der Waals surface area contributed by atoms with Gasteiger partial charge in [-0.2, -0.15) is 5.26 Å². The van der Waals surface area contributed by atoms with Crippen LogP contribution in [0.3, 0.4) is 0 Å². The van der Waals surface area contributed by atoms with Gasteiger partial charge in [-0.05, 0) is 45.8 Å². The number of carbonyl (C=O) groups excluding carboxylic acids is 1. The van der Waals surface area contributed by atoms with Gasteiger partial charge < -0.3 is 15.0 Å². The minimum Gasteiger partial charge on any atom is -0.444 e. The molecule has 0 spiro atoms. The zero-order chi connectivity index (χ0) is 19.8. The van der Waals surface area contributed by atoms with Crippen LogP contribution in [-0.2, 0) is 4.74 Å². The van der Waals surface area contributed by atoms with Crippen LogP contribution in [0.5, 0.6) is 0 Å². The highest BCUT2D eigenvalue weighted by Gasteiger charge is 2.43. The molecular formula is C20H29FN4O2. The number of nitriles is 1. The van der Waals surface area contributed by atoms with Crippen molar-refractivity contribution in [3.63, 3.8) is 0 Å². The fraction of sp³-hybridized carbons (Fsp3) is 0.700. The van der Waals surface area contributed by atoms with Gasteiger partial charge in [-0.1, -0.05) is 0 Å². The Morgan fingerprint density at radius 3 is 2.81 bits per heavy atom. The SMILES string of the molecule is CC1=C(C#N)C(F)=CCC1[C@@H]1CN2CCNC[C@H]2CN1C(=O)OC(C)(C)C. The molecule has 7 heteroatoms. The molecule has 0 saturated carbocycles. The molecule has 3 rings (SSSR count). The molecule has 1 N–H and O–H groups in total. The van der Waals surface area contributed by atoms with Gasteiger partial charge >= 0.3 is 6.09 Å². The monoisotopic (exact) mass is 376 g/mol. The van der Waals surface area contributed by atoms with Gasteiger partial charge in [-0.15, -0.1) is 0 Å². The molecule has 0 radical (unpaired) electrons. The van der Waals surface area contributed by atoms with E-state index in [2.05, 4.69) is 10.2 Å². The second-order valence-corrected chi connectivity index (χ2v) is 8.62. The number of rotatable bonds is 1. The maximum absolute atomic E-state index is 14.0. The average molecular weight is 376 g/mol. The molecule has 1 aliphatic carbocycles. The van der Waals surface area contributed by atoms with E-state index >= 15 is 0 Å². The first-order chi connectivity index (χ1) is 12.7. The summed E-state index contributed by atoms with van der Waals surface area (Å²) in [7, 11) is 0. The standard InChI is InChI=1S/C20H29FN4O2/c1-13-15(5-6-17(21)16(13)9-22)18-12-24-8-7-23-10-14(24)11-25(18)19(26)27-20(2,3)4/h6,14-15,18,23H,5,7-8,10-12H2,1-4H3/t14-,15?,18-/m0/s1. The number of amides is 1. The Kier molecular flexibility index (Phi) is 5.59. The van der Waals surface area contributed by atoms with Crippen molar-refractivity contribution in [3.8, 4) is 6.07 Å². The number of nitrogens with one attached hydrogen (secondary N) is 1. The molecule has 0 aromatic carbocycles. The Balaban J connectivity index is 1.90. The van der Waals surface area contributed by atoms with Gasteiger partial charge in [0.15, 0.2) is 0 Å². The molecule has 2 fully saturated rings. The predicted octanol–water partition coefficient (Wildman–Crippen LogP) is 2.59. The maximum Gasteiger partial charge on any atom is 0.410 e. The normalized spacial score (nSPS) is 29.7. The van der Waals surface area contributed by atoms with Crippen LogP contribution in [-0.4, -0.2) is 66.3 Å². The van der Waals surface area contributed by atoms with Crippen LogP contribution in [0.25, 0.3) is 0 Å². The minimum absolute atomic E-state index is 0.0810. The number of fused-ring (bicyclic) bond motifs is 1. The van der Waals surface area contributed by atoms with Gasteiger partial charge in [-0.25, -0.2) is 9.18 Å². The molecule has 27 heavy (non-hydrogen) atoms. The molecule has 2 saturated heterocycles. The van der Waals surface area contributed by atoms with Crippen LogP contribution in [0.15, 0.2) is 23.0 Å². The quantitative estimate of drug-likeness (QED) is 0.762. The lowest BCUT2D eigenvalue weighted by atomic mass is 9.80. The molecule has 0 aromatic heterocycles. The second kappa shape index (κ2) is 7.61. The van der Waals surface area contributed by atoms with Crippen molar-refractivity contribution in [1.82, 2.24) is 15.1 Å². The van der Waals surface area contributed by atoms with Crippen molar-refractivity contribution in [2.45, 2.75) is 51.8 Å². The number of allylic oxidation sites excluding steroid dienone is 3. The van der Waals surface area contributed by atoms with Crippen molar-refractivity contribution in [1.29, 1.82) is 5.26 Å². The molecule has 1 amide bonds. The lowest BCUT2D eigenvalue weighted by Gasteiger charge is -2.50. The predicted molar refractivity (Wildman–Crippen MR) is 101 cm³/mol. The van der Waals surface area contributed by atoms with Crippen LogP contribution >= 0.6 is 0 Å². The fourth-order valence-electron chi connectivity index (χ4n) is 4.27. The number of carbonyl (C=O) groups is 1. The average Bonchev–Trinajstić information content (AvgIpc) is 2.60. The third kappa shape index (κ3) is 4.17. The van der Waals surface area contributed by atoms with Crippen molar-refractivity contribution >= 4 is 6.09 Å². The first kappa shape index (κ1) is 19.8. The highest BCUT2D eigenvalue weighted by Crippen LogP contribution is 2.36. The van der Waals surface area contributed by atoms with Crippen molar-refractivity contribution in [2.75, 3.05) is 32.7 Å². The molecule has 3 atom stereocenters. The van der Waals surface area contributed by atoms with Gasteiger partial charge in [0.2, 0.25) is 0 Å². The minimum atomic E-state index is -0.579. The van der Waals surface area contributed by atoms with E-state index in [4.69, 9.17) is 4.74 Å². The van der Waals surface area contributed by atoms with E-state index in [0.29, 0.717) is 19.5 Å². The number of hydrogen-bond acceptors (Lipinski definition) is 5. The molecule has 3 aliphatic rings. The van der Waals surface area contributed by atoms with E-state index in [-0.39, 0.29) is 29.7 Å². The van der Waals surface area contributed by atoms with E-state index in [1.165, 1.54) is 6.08 Å². The van der Waals surface area contributed by atoms with Crippen molar-refractivity contribution < 1.29 is 13.9 Å². The molecule has 148 valence electrons. The summed E-state index contributed by atoms with van der Waals surface area (Å²) >= 11 is 0. The highest BCUT2D eigenvalue weighted by molar-refractivity contribution is 5.69. The Morgan fingerprint density at radius 2 is 2.15 bits per heavy atom. The van der Waals surface area contributed by atoms with Crippen LogP contribution in [0.1, 0.15) is 34.1 Å². The molecular weight excluding hydrogens is 347 g/mol. The number of nitrogens with zero attached hydrogens (tertiary/aromatic N) is 3. The second-order valence-electron chi connectivity index (χ2n) is 8.62. The zero-order valence-corrected chi connectivity index (χ0v) is 16.6. The summed E-state index contributed by atoms with van der Waals surface area (Å²) < 4.78 is 19.7. The summed E-state index contributed by atoms with van der Waals surface area (Å²) in [5.41, 5.74) is 0.257. The summed E-state index contributed by atoms with van der Waals surface area (Å²) in [6, 6.07) is 2.10. The van der Waals surface area contributed by atoms with E-state index in [1.54, 1.807) is 4.90 Å². The molecule has 6 nitrogen and oxygen atoms in total. The van der Waals surface area contributed by atoms with Crippen molar-refractivity contribution in [2.24, 2.45) is 5.92 Å². The van der Waals surface area contributed by atoms with E-state index in [1.807, 2.05) is 33.8 Å². The number of halogens is 1. The van der Waals surface area contributed by atoms with Gasteiger partial charge in [0.05, 0.1) is 11.6 Å². The first-order valence-electron chi connectivity index (χ1n) is 9.62. The van der Waals surface area contributed by atoms with Gasteiger partial charge in [0, 0.05) is 44.7 Å². The molecule has 0 aromatic rings. The summed E-state index contributed by atoms with van der Waals surface area (Å²) in [6.45, 7) is 11.4. The number of hydrogen-bond donors (Lipinski definition) is 1. The summed E-state index contributed by atoms with van der Waals surface area (Å²) in [5, 5.41) is 12.7. The third-order valence-electron chi connectivity index (χ3n) is 5.65. The van der Waals surface area contributed by atoms with Crippen LogP contribution in [0.4, 0.5) is 9.18 Å². The summed E-state index contributed by atoms with van der Waals surface area (Å²) in [6.07, 6.45) is 1.63. The van der Waals surface area contributed by atoms with Crippen molar-refractivity contribution in [3.05, 3.63) is 23.0 Å². The number of piperazine rings is 2. The lowest BCUT2D eigenvalue weighted by molar-refractivity contribution is -0.0296. The van der Waals surface area contributed by atoms with Gasteiger partial charge in [0.25, 0.3) is 0 Å². The van der Waals surface area contributed by atoms with Crippen LogP contribution < -0.4 is 5.32 Å². The van der Waals surface area contributed by atoms with Crippen LogP contribution in [0, 0.1) is 17.2 Å². The zero-order valence-electron chi connectivity index (χ0n) is 16.6. The van der Waals surface area contributed by atoms with Crippen LogP contribution in [0.2, 0.25) is 0 Å².